The average Bonchev–Trinajstić information content (AvgIpc) is 1.86. The maximum absolute atomic E-state index is 8.55. The molecule has 0 radical (unpaired) electrons. The first-order chi connectivity index (χ1) is 4.04. The van der Waals surface area contributed by atoms with Crippen molar-refractivity contribution in [2.75, 3.05) is 0 Å². The van der Waals surface area contributed by atoms with E-state index in [0.717, 1.165) is 6.42 Å². The van der Waals surface area contributed by atoms with Crippen LogP contribution < -0.4 is 0 Å². The molecule has 0 aromatic carbocycles. The largest absolute Gasteiger partial charge is 0.196 e. The Labute approximate surface area is 72.7 Å². The number of hydrogen-bond acceptors (Lipinski definition) is 1. The van der Waals surface area contributed by atoms with E-state index in [0.29, 0.717) is 5.92 Å². The van der Waals surface area contributed by atoms with Gasteiger partial charge in [-0.1, -0.05) is 52.1 Å². The minimum Gasteiger partial charge on any atom is -0.196 e. The minimum atomic E-state index is -0.519. The average molecular weight is 255 g/mol. The lowest BCUT2D eigenvalue weighted by Crippen LogP contribution is -2.18. The summed E-state index contributed by atoms with van der Waals surface area (Å²) in [5.41, 5.74) is 0. The lowest BCUT2D eigenvalue weighted by molar-refractivity contribution is 0.576. The third-order valence-electron chi connectivity index (χ3n) is 1.38. The van der Waals surface area contributed by atoms with E-state index in [1.54, 1.807) is 0 Å². The van der Waals surface area contributed by atoms with Crippen molar-refractivity contribution in [1.82, 2.24) is 0 Å². The second kappa shape index (κ2) is 3.58. The van der Waals surface area contributed by atoms with E-state index < -0.39 is 3.23 Å². The molecule has 0 fully saturated rings. The number of rotatable bonds is 2. The molecule has 0 aromatic rings. The predicted molar refractivity (Wildman–Crippen MR) is 45.7 cm³/mol. The monoisotopic (exact) mass is 253 g/mol. The zero-order valence-electron chi connectivity index (χ0n) is 5.49. The second-order valence-electron chi connectivity index (χ2n) is 2.04. The zero-order valence-corrected chi connectivity index (χ0v) is 8.66. The van der Waals surface area contributed by atoms with E-state index in [9.17, 15) is 0 Å². The Balaban J connectivity index is 4.01. The van der Waals surface area contributed by atoms with Gasteiger partial charge in [0.15, 0.2) is 3.23 Å². The highest BCUT2D eigenvalue weighted by molar-refractivity contribution is 9.25. The van der Waals surface area contributed by atoms with Gasteiger partial charge in [-0.3, -0.25) is 0 Å². The van der Waals surface area contributed by atoms with E-state index in [-0.39, 0.29) is 0 Å². The van der Waals surface area contributed by atoms with E-state index in [1.807, 2.05) is 6.92 Å². The fourth-order valence-corrected chi connectivity index (χ4v) is 1.01. The van der Waals surface area contributed by atoms with Crippen molar-refractivity contribution in [2.45, 2.75) is 23.5 Å². The number of hydrogen-bond donors (Lipinski definition) is 0. The maximum Gasteiger partial charge on any atom is 0.168 e. The number of alkyl halides is 2. The van der Waals surface area contributed by atoms with Gasteiger partial charge in [-0.05, 0) is 5.92 Å². The summed E-state index contributed by atoms with van der Waals surface area (Å²) in [6, 6.07) is 2.13. The SMILES string of the molecule is CCC(C)C(Br)(Br)C#N. The lowest BCUT2D eigenvalue weighted by atomic mass is 10.1. The quantitative estimate of drug-likeness (QED) is 0.695. The molecule has 52 valence electrons. The van der Waals surface area contributed by atoms with E-state index in [1.165, 1.54) is 0 Å². The van der Waals surface area contributed by atoms with Crippen molar-refractivity contribution in [2.24, 2.45) is 5.92 Å². The van der Waals surface area contributed by atoms with Crippen molar-refractivity contribution in [3.8, 4) is 6.07 Å². The van der Waals surface area contributed by atoms with Crippen molar-refractivity contribution < 1.29 is 0 Å². The molecule has 9 heavy (non-hydrogen) atoms. The Kier molecular flexibility index (Phi) is 3.76. The molecule has 0 heterocycles. The van der Waals surface area contributed by atoms with Crippen LogP contribution in [-0.2, 0) is 0 Å². The van der Waals surface area contributed by atoms with E-state index in [2.05, 4.69) is 44.9 Å². The smallest absolute Gasteiger partial charge is 0.168 e. The van der Waals surface area contributed by atoms with Crippen LogP contribution in [0, 0.1) is 17.2 Å². The highest BCUT2D eigenvalue weighted by Crippen LogP contribution is 2.35. The Morgan fingerprint density at radius 2 is 2.11 bits per heavy atom. The van der Waals surface area contributed by atoms with Gasteiger partial charge in [0.2, 0.25) is 0 Å². The van der Waals surface area contributed by atoms with Gasteiger partial charge in [-0.15, -0.1) is 0 Å². The van der Waals surface area contributed by atoms with Gasteiger partial charge >= 0.3 is 0 Å². The number of nitriles is 1. The molecule has 0 aliphatic rings. The highest BCUT2D eigenvalue weighted by atomic mass is 79.9. The summed E-state index contributed by atoms with van der Waals surface area (Å²) < 4.78 is -0.519. The third-order valence-corrected chi connectivity index (χ3v) is 3.30. The Morgan fingerprint density at radius 1 is 1.67 bits per heavy atom. The molecule has 0 N–H and O–H groups in total. The summed E-state index contributed by atoms with van der Waals surface area (Å²) in [6.07, 6.45) is 0.990. The summed E-state index contributed by atoms with van der Waals surface area (Å²) >= 11 is 6.52. The molecule has 3 heteroatoms. The van der Waals surface area contributed by atoms with Gasteiger partial charge in [0.1, 0.15) is 0 Å². The van der Waals surface area contributed by atoms with Gasteiger partial charge in [-0.25, -0.2) is 0 Å². The molecule has 1 unspecified atom stereocenters. The fraction of sp³-hybridized carbons (Fsp3) is 0.833. The summed E-state index contributed by atoms with van der Waals surface area (Å²) in [6.45, 7) is 4.08. The van der Waals surface area contributed by atoms with Gasteiger partial charge in [0, 0.05) is 0 Å². The fourth-order valence-electron chi connectivity index (χ4n) is 0.367. The van der Waals surface area contributed by atoms with Crippen LogP contribution >= 0.6 is 31.9 Å². The van der Waals surface area contributed by atoms with Gasteiger partial charge in [0.25, 0.3) is 0 Å². The van der Waals surface area contributed by atoms with Crippen LogP contribution in [0.15, 0.2) is 0 Å². The number of halogens is 2. The summed E-state index contributed by atoms with van der Waals surface area (Å²) in [5, 5.41) is 8.55. The van der Waals surface area contributed by atoms with Crippen LogP contribution in [0.1, 0.15) is 20.3 Å². The Hall–Kier alpha value is 0.450. The molecular formula is C6H9Br2N. The summed E-state index contributed by atoms with van der Waals surface area (Å²) in [5.74, 6) is 0.336. The van der Waals surface area contributed by atoms with Crippen LogP contribution in [0.25, 0.3) is 0 Å². The van der Waals surface area contributed by atoms with Gasteiger partial charge < -0.3 is 0 Å². The molecule has 0 saturated heterocycles. The number of nitrogens with zero attached hydrogens (tertiary/aromatic N) is 1. The molecule has 0 aliphatic heterocycles. The zero-order chi connectivity index (χ0) is 7.49. The molecule has 0 spiro atoms. The Morgan fingerprint density at radius 3 is 2.22 bits per heavy atom. The second-order valence-corrected chi connectivity index (χ2v) is 5.61. The van der Waals surface area contributed by atoms with Crippen LogP contribution in [0.4, 0.5) is 0 Å². The van der Waals surface area contributed by atoms with Crippen molar-refractivity contribution in [1.29, 1.82) is 5.26 Å². The summed E-state index contributed by atoms with van der Waals surface area (Å²) in [7, 11) is 0. The van der Waals surface area contributed by atoms with Crippen molar-refractivity contribution in [3.05, 3.63) is 0 Å². The summed E-state index contributed by atoms with van der Waals surface area (Å²) in [4.78, 5) is 0. The van der Waals surface area contributed by atoms with Gasteiger partial charge in [-0.2, -0.15) is 5.26 Å². The van der Waals surface area contributed by atoms with Crippen molar-refractivity contribution in [3.63, 3.8) is 0 Å². The molecule has 0 aliphatic carbocycles. The highest BCUT2D eigenvalue weighted by Gasteiger charge is 2.28. The molecule has 1 nitrogen and oxygen atoms in total. The van der Waals surface area contributed by atoms with Crippen LogP contribution in [0.2, 0.25) is 0 Å². The Bertz CT molecular complexity index is 126. The normalized spacial score (nSPS) is 14.6. The molecule has 1 atom stereocenters. The third kappa shape index (κ3) is 2.68. The van der Waals surface area contributed by atoms with Gasteiger partial charge in [0.05, 0.1) is 6.07 Å². The molecular weight excluding hydrogens is 246 g/mol. The first-order valence-corrected chi connectivity index (χ1v) is 4.42. The minimum absolute atomic E-state index is 0.336. The van der Waals surface area contributed by atoms with E-state index >= 15 is 0 Å². The van der Waals surface area contributed by atoms with Crippen molar-refractivity contribution >= 4 is 31.9 Å². The van der Waals surface area contributed by atoms with Crippen LogP contribution in [0.3, 0.4) is 0 Å². The molecule has 0 bridgehead atoms. The lowest BCUT2D eigenvalue weighted by Gasteiger charge is -2.17. The molecule has 0 rings (SSSR count). The topological polar surface area (TPSA) is 23.8 Å². The van der Waals surface area contributed by atoms with Crippen LogP contribution in [-0.4, -0.2) is 3.23 Å². The van der Waals surface area contributed by atoms with E-state index in [4.69, 9.17) is 5.26 Å². The standard InChI is InChI=1S/C6H9Br2N/c1-3-5(2)6(7,8)4-9/h5H,3H2,1-2H3. The molecule has 0 saturated carbocycles. The first-order valence-electron chi connectivity index (χ1n) is 2.83. The van der Waals surface area contributed by atoms with Crippen LogP contribution in [0.5, 0.6) is 0 Å². The maximum atomic E-state index is 8.55. The molecule has 0 amide bonds. The predicted octanol–water partition coefficient (Wildman–Crippen LogP) is 3.04. The molecule has 0 aromatic heterocycles. The first kappa shape index (κ1) is 9.45.